The topological polar surface area (TPSA) is 15.3 Å². The van der Waals surface area contributed by atoms with E-state index in [1.54, 1.807) is 0 Å². The highest BCUT2D eigenvalue weighted by atomic mass is 32.1. The van der Waals surface area contributed by atoms with Gasteiger partial charge in [-0.3, -0.25) is 0 Å². The molecule has 0 spiro atoms. The lowest BCUT2D eigenvalue weighted by Crippen LogP contribution is -2.44. The standard InChI is InChI=1S/C17H30N2S/c1-5-17(3,12-18-15-8-9-15)13-19(4)14(2)11-16-7-6-10-20-16/h6-7,10,14-15,18H,5,8-9,11-13H2,1-4H3. The van der Waals surface area contributed by atoms with E-state index in [0.717, 1.165) is 12.6 Å². The average Bonchev–Trinajstić information content (AvgIpc) is 3.13. The van der Waals surface area contributed by atoms with E-state index in [0.29, 0.717) is 11.5 Å². The van der Waals surface area contributed by atoms with E-state index in [-0.39, 0.29) is 0 Å². The molecule has 2 nitrogen and oxygen atoms in total. The Morgan fingerprint density at radius 1 is 1.50 bits per heavy atom. The van der Waals surface area contributed by atoms with Crippen LogP contribution in [0.3, 0.4) is 0 Å². The minimum atomic E-state index is 0.390. The Hall–Kier alpha value is -0.380. The number of nitrogens with one attached hydrogen (secondary N) is 1. The predicted octanol–water partition coefficient (Wildman–Crippen LogP) is 3.78. The van der Waals surface area contributed by atoms with E-state index in [1.807, 2.05) is 11.3 Å². The van der Waals surface area contributed by atoms with Crippen LogP contribution in [0.15, 0.2) is 17.5 Å². The molecule has 0 amide bonds. The summed E-state index contributed by atoms with van der Waals surface area (Å²) in [6.45, 7) is 9.44. The molecule has 2 rings (SSSR count). The molecule has 1 aromatic heterocycles. The smallest absolute Gasteiger partial charge is 0.0112 e. The number of hydrogen-bond donors (Lipinski definition) is 1. The van der Waals surface area contributed by atoms with E-state index >= 15 is 0 Å². The first kappa shape index (κ1) is 16.0. The summed E-state index contributed by atoms with van der Waals surface area (Å²) in [4.78, 5) is 4.04. The van der Waals surface area contributed by atoms with Crippen LogP contribution in [0, 0.1) is 5.41 Å². The van der Waals surface area contributed by atoms with Gasteiger partial charge in [0, 0.05) is 30.1 Å². The molecule has 2 unspecified atom stereocenters. The number of hydrogen-bond acceptors (Lipinski definition) is 3. The highest BCUT2D eigenvalue weighted by Gasteiger charge is 2.29. The molecule has 114 valence electrons. The maximum atomic E-state index is 3.71. The van der Waals surface area contributed by atoms with Gasteiger partial charge in [-0.2, -0.15) is 0 Å². The van der Waals surface area contributed by atoms with Gasteiger partial charge in [-0.15, -0.1) is 11.3 Å². The van der Waals surface area contributed by atoms with Crippen LogP contribution in [0.5, 0.6) is 0 Å². The van der Waals surface area contributed by atoms with Crippen molar-refractivity contribution in [1.82, 2.24) is 10.2 Å². The third-order valence-corrected chi connectivity index (χ3v) is 5.61. The van der Waals surface area contributed by atoms with Crippen molar-refractivity contribution in [2.75, 3.05) is 20.1 Å². The minimum Gasteiger partial charge on any atom is -0.313 e. The summed E-state index contributed by atoms with van der Waals surface area (Å²) >= 11 is 1.88. The van der Waals surface area contributed by atoms with Gasteiger partial charge in [0.2, 0.25) is 0 Å². The Morgan fingerprint density at radius 3 is 2.80 bits per heavy atom. The quantitative estimate of drug-likeness (QED) is 0.745. The average molecular weight is 295 g/mol. The zero-order valence-corrected chi connectivity index (χ0v) is 14.3. The number of nitrogens with zero attached hydrogens (tertiary/aromatic N) is 1. The zero-order chi connectivity index (χ0) is 14.6. The third-order valence-electron chi connectivity index (χ3n) is 4.71. The Bertz CT molecular complexity index is 386. The first-order valence-electron chi connectivity index (χ1n) is 7.98. The zero-order valence-electron chi connectivity index (χ0n) is 13.5. The summed E-state index contributed by atoms with van der Waals surface area (Å²) in [5, 5.41) is 5.89. The second-order valence-electron chi connectivity index (χ2n) is 6.87. The Labute approximate surface area is 128 Å². The van der Waals surface area contributed by atoms with Gasteiger partial charge in [0.15, 0.2) is 0 Å². The van der Waals surface area contributed by atoms with E-state index in [2.05, 4.69) is 55.5 Å². The summed E-state index contributed by atoms with van der Waals surface area (Å²) in [5.74, 6) is 0. The van der Waals surface area contributed by atoms with Crippen LogP contribution >= 0.6 is 11.3 Å². The van der Waals surface area contributed by atoms with Gasteiger partial charge in [0.25, 0.3) is 0 Å². The molecule has 0 aromatic carbocycles. The van der Waals surface area contributed by atoms with Gasteiger partial charge in [-0.25, -0.2) is 0 Å². The maximum Gasteiger partial charge on any atom is 0.0112 e. The first-order chi connectivity index (χ1) is 9.52. The molecule has 0 radical (unpaired) electrons. The van der Waals surface area contributed by atoms with Crippen LogP contribution in [-0.4, -0.2) is 37.1 Å². The normalized spacial score (nSPS) is 20.1. The lowest BCUT2D eigenvalue weighted by Gasteiger charge is -2.36. The van der Waals surface area contributed by atoms with E-state index in [9.17, 15) is 0 Å². The number of likely N-dealkylation sites (N-methyl/N-ethyl adjacent to an activating group) is 1. The molecular formula is C17H30N2S. The molecule has 1 N–H and O–H groups in total. The third kappa shape index (κ3) is 4.87. The van der Waals surface area contributed by atoms with Crippen LogP contribution in [0.2, 0.25) is 0 Å². The molecule has 1 heterocycles. The molecule has 1 aliphatic rings. The molecule has 0 bridgehead atoms. The first-order valence-corrected chi connectivity index (χ1v) is 8.86. The van der Waals surface area contributed by atoms with Crippen molar-refractivity contribution in [2.24, 2.45) is 5.41 Å². The monoisotopic (exact) mass is 294 g/mol. The van der Waals surface area contributed by atoms with Crippen molar-refractivity contribution < 1.29 is 0 Å². The number of rotatable bonds is 9. The summed E-state index contributed by atoms with van der Waals surface area (Å²) in [6.07, 6.45) is 5.17. The van der Waals surface area contributed by atoms with Gasteiger partial charge in [-0.1, -0.05) is 19.9 Å². The van der Waals surface area contributed by atoms with Gasteiger partial charge in [-0.05, 0) is 56.5 Å². The Kier molecular flexibility index (Phi) is 5.65. The molecule has 1 aliphatic carbocycles. The fraction of sp³-hybridized carbons (Fsp3) is 0.765. The Morgan fingerprint density at radius 2 is 2.25 bits per heavy atom. The molecule has 1 fully saturated rings. The highest BCUT2D eigenvalue weighted by molar-refractivity contribution is 7.09. The van der Waals surface area contributed by atoms with Crippen LogP contribution in [-0.2, 0) is 6.42 Å². The van der Waals surface area contributed by atoms with E-state index in [4.69, 9.17) is 0 Å². The lowest BCUT2D eigenvalue weighted by atomic mass is 9.86. The van der Waals surface area contributed by atoms with Crippen molar-refractivity contribution in [2.45, 2.75) is 58.5 Å². The van der Waals surface area contributed by atoms with Crippen molar-refractivity contribution in [3.8, 4) is 0 Å². The molecule has 0 saturated heterocycles. The molecular weight excluding hydrogens is 264 g/mol. The summed E-state index contributed by atoms with van der Waals surface area (Å²) in [5.41, 5.74) is 0.390. The SMILES string of the molecule is CCC(C)(CNC1CC1)CN(C)C(C)Cc1cccs1. The largest absolute Gasteiger partial charge is 0.313 e. The van der Waals surface area contributed by atoms with Crippen LogP contribution in [0.25, 0.3) is 0 Å². The summed E-state index contributed by atoms with van der Waals surface area (Å²) < 4.78 is 0. The van der Waals surface area contributed by atoms with Gasteiger partial charge in [0.1, 0.15) is 0 Å². The molecule has 0 aliphatic heterocycles. The second kappa shape index (κ2) is 7.06. The Balaban J connectivity index is 1.81. The van der Waals surface area contributed by atoms with Crippen LogP contribution in [0.1, 0.15) is 44.9 Å². The highest BCUT2D eigenvalue weighted by Crippen LogP contribution is 2.26. The van der Waals surface area contributed by atoms with E-state index in [1.165, 1.54) is 37.1 Å². The molecule has 3 heteroatoms. The van der Waals surface area contributed by atoms with Gasteiger partial charge in [0.05, 0.1) is 0 Å². The number of thiophene rings is 1. The van der Waals surface area contributed by atoms with Crippen molar-refractivity contribution in [3.63, 3.8) is 0 Å². The van der Waals surface area contributed by atoms with Crippen molar-refractivity contribution in [3.05, 3.63) is 22.4 Å². The maximum absolute atomic E-state index is 3.71. The second-order valence-corrected chi connectivity index (χ2v) is 7.90. The van der Waals surface area contributed by atoms with Gasteiger partial charge < -0.3 is 10.2 Å². The molecule has 2 atom stereocenters. The van der Waals surface area contributed by atoms with Crippen LogP contribution in [0.4, 0.5) is 0 Å². The van der Waals surface area contributed by atoms with Crippen molar-refractivity contribution in [1.29, 1.82) is 0 Å². The molecule has 1 aromatic rings. The lowest BCUT2D eigenvalue weighted by molar-refractivity contribution is 0.146. The van der Waals surface area contributed by atoms with Gasteiger partial charge >= 0.3 is 0 Å². The summed E-state index contributed by atoms with van der Waals surface area (Å²) in [7, 11) is 2.28. The fourth-order valence-corrected chi connectivity index (χ4v) is 3.43. The van der Waals surface area contributed by atoms with E-state index < -0.39 is 0 Å². The van der Waals surface area contributed by atoms with Crippen molar-refractivity contribution >= 4 is 11.3 Å². The summed E-state index contributed by atoms with van der Waals surface area (Å²) in [6, 6.07) is 5.83. The molecule has 1 saturated carbocycles. The predicted molar refractivity (Wildman–Crippen MR) is 89.5 cm³/mol. The van der Waals surface area contributed by atoms with Crippen LogP contribution < -0.4 is 5.32 Å². The fourth-order valence-electron chi connectivity index (χ4n) is 2.60. The molecule has 20 heavy (non-hydrogen) atoms. The minimum absolute atomic E-state index is 0.390.